The van der Waals surface area contributed by atoms with Crippen molar-refractivity contribution in [1.82, 2.24) is 10.2 Å². The molecule has 1 amide bonds. The lowest BCUT2D eigenvalue weighted by Crippen LogP contribution is -2.56. The smallest absolute Gasteiger partial charge is 0.223 e. The maximum Gasteiger partial charge on any atom is 0.223 e. The van der Waals surface area contributed by atoms with Crippen molar-refractivity contribution >= 4 is 5.91 Å². The second-order valence-electron chi connectivity index (χ2n) is 6.68. The van der Waals surface area contributed by atoms with E-state index >= 15 is 0 Å². The highest BCUT2D eigenvalue weighted by molar-refractivity contribution is 5.77. The van der Waals surface area contributed by atoms with E-state index < -0.39 is 0 Å². The molecule has 1 fully saturated rings. The Labute approximate surface area is 106 Å². The normalized spacial score (nSPS) is 28.0. The van der Waals surface area contributed by atoms with Crippen LogP contribution in [0.4, 0.5) is 0 Å². The fraction of sp³-hybridized carbons (Fsp3) is 0.929. The number of carbonyl (C=O) groups excluding carboxylic acids is 1. The fourth-order valence-electron chi connectivity index (χ4n) is 2.05. The number of nitrogens with zero attached hydrogens (tertiary/aromatic N) is 1. The molecule has 0 radical (unpaired) electrons. The monoisotopic (exact) mass is 240 g/mol. The molecule has 3 heteroatoms. The van der Waals surface area contributed by atoms with Gasteiger partial charge in [-0.25, -0.2) is 0 Å². The van der Waals surface area contributed by atoms with Crippen LogP contribution in [0, 0.1) is 11.3 Å². The Bertz CT molecular complexity index is 270. The van der Waals surface area contributed by atoms with Gasteiger partial charge in [-0.15, -0.1) is 0 Å². The van der Waals surface area contributed by atoms with E-state index in [-0.39, 0.29) is 5.41 Å². The zero-order valence-electron chi connectivity index (χ0n) is 12.2. The van der Waals surface area contributed by atoms with E-state index in [0.717, 1.165) is 13.1 Å². The molecule has 3 nitrogen and oxygen atoms in total. The number of carbonyl (C=O) groups is 1. The molecule has 0 saturated carbocycles. The molecular weight excluding hydrogens is 212 g/mol. The van der Waals surface area contributed by atoms with Gasteiger partial charge >= 0.3 is 0 Å². The first-order valence-electron chi connectivity index (χ1n) is 6.74. The van der Waals surface area contributed by atoms with Crippen LogP contribution in [0.1, 0.15) is 48.0 Å². The van der Waals surface area contributed by atoms with Gasteiger partial charge in [0.2, 0.25) is 5.91 Å². The van der Waals surface area contributed by atoms with Gasteiger partial charge in [0.25, 0.3) is 0 Å². The van der Waals surface area contributed by atoms with Gasteiger partial charge in [0, 0.05) is 31.6 Å². The van der Waals surface area contributed by atoms with Gasteiger partial charge in [-0.1, -0.05) is 27.7 Å². The fourth-order valence-corrected chi connectivity index (χ4v) is 2.05. The molecular formula is C14H28N2O. The first-order chi connectivity index (χ1) is 7.71. The van der Waals surface area contributed by atoms with Crippen LogP contribution in [0.5, 0.6) is 0 Å². The lowest BCUT2D eigenvalue weighted by atomic mass is 9.80. The predicted molar refractivity (Wildman–Crippen MR) is 71.9 cm³/mol. The summed E-state index contributed by atoms with van der Waals surface area (Å²) in [4.78, 5) is 14.4. The van der Waals surface area contributed by atoms with E-state index in [2.05, 4.69) is 46.9 Å². The lowest BCUT2D eigenvalue weighted by Gasteiger charge is -2.39. The molecule has 3 unspecified atom stereocenters. The van der Waals surface area contributed by atoms with E-state index in [1.54, 1.807) is 0 Å². The summed E-state index contributed by atoms with van der Waals surface area (Å²) in [6.07, 6.45) is 0.667. The van der Waals surface area contributed by atoms with E-state index in [0.29, 0.717) is 30.3 Å². The van der Waals surface area contributed by atoms with Crippen molar-refractivity contribution in [3.8, 4) is 0 Å². The zero-order chi connectivity index (χ0) is 13.2. The predicted octanol–water partition coefficient (Wildman–Crippen LogP) is 2.27. The van der Waals surface area contributed by atoms with Gasteiger partial charge in [0.15, 0.2) is 0 Å². The Balaban J connectivity index is 2.57. The molecule has 1 N–H and O–H groups in total. The van der Waals surface area contributed by atoms with Crippen LogP contribution in [0.15, 0.2) is 0 Å². The third kappa shape index (κ3) is 3.98. The molecule has 0 spiro atoms. The second kappa shape index (κ2) is 5.38. The van der Waals surface area contributed by atoms with Gasteiger partial charge < -0.3 is 10.2 Å². The number of amides is 1. The highest BCUT2D eigenvalue weighted by Crippen LogP contribution is 2.29. The van der Waals surface area contributed by atoms with Crippen LogP contribution < -0.4 is 5.32 Å². The summed E-state index contributed by atoms with van der Waals surface area (Å²) in [7, 11) is 0. The van der Waals surface area contributed by atoms with Gasteiger partial charge in [0.1, 0.15) is 0 Å². The van der Waals surface area contributed by atoms with Crippen LogP contribution in [0.2, 0.25) is 0 Å². The standard InChI is InChI=1S/C14H28N2O/c1-10(14(4,5)6)7-13(17)16-9-11(2)15-8-12(16)3/h10-12,15H,7-9H2,1-6H3. The van der Waals surface area contributed by atoms with Crippen molar-refractivity contribution in [3.05, 3.63) is 0 Å². The quantitative estimate of drug-likeness (QED) is 0.803. The Hall–Kier alpha value is -0.570. The summed E-state index contributed by atoms with van der Waals surface area (Å²) >= 11 is 0. The lowest BCUT2D eigenvalue weighted by molar-refractivity contribution is -0.136. The van der Waals surface area contributed by atoms with Crippen molar-refractivity contribution in [2.45, 2.75) is 60.0 Å². The third-order valence-electron chi connectivity index (χ3n) is 4.04. The minimum absolute atomic E-state index is 0.207. The minimum atomic E-state index is 0.207. The largest absolute Gasteiger partial charge is 0.337 e. The average molecular weight is 240 g/mol. The molecule has 1 aliphatic rings. The zero-order valence-corrected chi connectivity index (χ0v) is 12.2. The number of hydrogen-bond acceptors (Lipinski definition) is 2. The van der Waals surface area contributed by atoms with Gasteiger partial charge in [-0.05, 0) is 25.2 Å². The molecule has 1 rings (SSSR count). The molecule has 1 aliphatic heterocycles. The highest BCUT2D eigenvalue weighted by atomic mass is 16.2. The van der Waals surface area contributed by atoms with Gasteiger partial charge in [0.05, 0.1) is 0 Å². The van der Waals surface area contributed by atoms with Crippen molar-refractivity contribution in [3.63, 3.8) is 0 Å². The maximum absolute atomic E-state index is 12.3. The average Bonchev–Trinajstić information content (AvgIpc) is 2.20. The molecule has 0 aromatic carbocycles. The first kappa shape index (κ1) is 14.5. The van der Waals surface area contributed by atoms with Crippen molar-refractivity contribution in [2.75, 3.05) is 13.1 Å². The van der Waals surface area contributed by atoms with Crippen LogP contribution in [-0.2, 0) is 4.79 Å². The number of piperazine rings is 1. The molecule has 1 saturated heterocycles. The summed E-state index contributed by atoms with van der Waals surface area (Å²) < 4.78 is 0. The number of rotatable bonds is 2. The summed E-state index contributed by atoms with van der Waals surface area (Å²) in [6, 6.07) is 0.742. The molecule has 1 heterocycles. The maximum atomic E-state index is 12.3. The van der Waals surface area contributed by atoms with E-state index in [9.17, 15) is 4.79 Å². The number of nitrogens with one attached hydrogen (secondary N) is 1. The Morgan fingerprint density at radius 1 is 1.41 bits per heavy atom. The van der Waals surface area contributed by atoms with Crippen LogP contribution in [0.3, 0.4) is 0 Å². The van der Waals surface area contributed by atoms with Crippen molar-refractivity contribution in [2.24, 2.45) is 11.3 Å². The van der Waals surface area contributed by atoms with Crippen LogP contribution in [0.25, 0.3) is 0 Å². The highest BCUT2D eigenvalue weighted by Gasteiger charge is 2.30. The summed E-state index contributed by atoms with van der Waals surface area (Å²) in [5.41, 5.74) is 0.207. The molecule has 0 bridgehead atoms. The molecule has 0 aromatic rings. The van der Waals surface area contributed by atoms with Crippen LogP contribution in [-0.4, -0.2) is 36.0 Å². The molecule has 17 heavy (non-hydrogen) atoms. The SMILES string of the molecule is CC1CN(C(=O)CC(C)C(C)(C)C)C(C)CN1. The first-order valence-corrected chi connectivity index (χ1v) is 6.74. The Morgan fingerprint density at radius 3 is 2.53 bits per heavy atom. The Morgan fingerprint density at radius 2 is 2.00 bits per heavy atom. The minimum Gasteiger partial charge on any atom is -0.337 e. The van der Waals surface area contributed by atoms with Crippen LogP contribution >= 0.6 is 0 Å². The van der Waals surface area contributed by atoms with Crippen molar-refractivity contribution < 1.29 is 4.79 Å². The molecule has 0 aromatic heterocycles. The van der Waals surface area contributed by atoms with Crippen molar-refractivity contribution in [1.29, 1.82) is 0 Å². The number of hydrogen-bond donors (Lipinski definition) is 1. The summed E-state index contributed by atoms with van der Waals surface area (Å²) in [5, 5.41) is 3.41. The molecule has 3 atom stereocenters. The summed E-state index contributed by atoms with van der Waals surface area (Å²) in [6.45, 7) is 14.8. The van der Waals surface area contributed by atoms with Gasteiger partial charge in [-0.2, -0.15) is 0 Å². The van der Waals surface area contributed by atoms with E-state index in [4.69, 9.17) is 0 Å². The second-order valence-corrected chi connectivity index (χ2v) is 6.68. The van der Waals surface area contributed by atoms with Gasteiger partial charge in [-0.3, -0.25) is 4.79 Å². The summed E-state index contributed by atoms with van der Waals surface area (Å²) in [5.74, 6) is 0.737. The van der Waals surface area contributed by atoms with E-state index in [1.807, 2.05) is 4.90 Å². The third-order valence-corrected chi connectivity index (χ3v) is 4.04. The van der Waals surface area contributed by atoms with E-state index in [1.165, 1.54) is 0 Å². The molecule has 0 aliphatic carbocycles. The molecule has 100 valence electrons. The topological polar surface area (TPSA) is 32.3 Å². The Kier molecular flexibility index (Phi) is 4.59.